The van der Waals surface area contributed by atoms with Gasteiger partial charge in [0.15, 0.2) is 5.12 Å². The minimum absolute atomic E-state index is 0.00310. The molecule has 0 unspecified atom stereocenters. The van der Waals surface area contributed by atoms with Crippen LogP contribution in [0.1, 0.15) is 12.8 Å². The second-order valence-corrected chi connectivity index (χ2v) is 10.4. The summed E-state index contributed by atoms with van der Waals surface area (Å²) in [4.78, 5) is 24.3. The Kier molecular flexibility index (Phi) is 27.5. The largest absolute Gasteiger partial charge is 0.394 e. The van der Waals surface area contributed by atoms with Gasteiger partial charge in [-0.3, -0.25) is 9.59 Å². The van der Waals surface area contributed by atoms with Gasteiger partial charge in [-0.1, -0.05) is 11.8 Å². The van der Waals surface area contributed by atoms with Crippen molar-refractivity contribution in [2.45, 2.75) is 55.5 Å². The third kappa shape index (κ3) is 20.9. The molecule has 0 aliphatic rings. The van der Waals surface area contributed by atoms with E-state index in [9.17, 15) is 50.4 Å². The highest BCUT2D eigenvalue weighted by molar-refractivity contribution is 8.13. The van der Waals surface area contributed by atoms with Crippen LogP contribution in [0, 0.1) is 0 Å². The highest BCUT2D eigenvalue weighted by atomic mass is 32.2. The average molecular weight is 666 g/mol. The Bertz CT molecular complexity index is 623. The molecule has 262 valence electrons. The van der Waals surface area contributed by atoms with Gasteiger partial charge >= 0.3 is 0 Å². The molecule has 0 aliphatic heterocycles. The minimum Gasteiger partial charge on any atom is -0.394 e. The van der Waals surface area contributed by atoms with E-state index in [0.29, 0.717) is 0 Å². The van der Waals surface area contributed by atoms with Crippen molar-refractivity contribution in [3.63, 3.8) is 0 Å². The van der Waals surface area contributed by atoms with Crippen molar-refractivity contribution in [1.29, 1.82) is 0 Å². The van der Waals surface area contributed by atoms with Crippen molar-refractivity contribution in [1.82, 2.24) is 5.32 Å². The number of hydrogen-bond donors (Lipinski definition) is 9. The molecule has 0 aromatic heterocycles. The van der Waals surface area contributed by atoms with Gasteiger partial charge in [0, 0.05) is 12.8 Å². The van der Waals surface area contributed by atoms with Crippen LogP contribution in [0.15, 0.2) is 0 Å². The molecule has 0 atom stereocenters. The van der Waals surface area contributed by atoms with Gasteiger partial charge in [0.2, 0.25) is 5.91 Å². The predicted molar refractivity (Wildman–Crippen MR) is 155 cm³/mol. The smallest absolute Gasteiger partial charge is 0.220 e. The SMILES string of the molecule is CSC(=O)CCC(=O)NC(COC(COC(CO)CO)COC(CO)CO)COC(COC(CO)CO)COC(CO)CO. The van der Waals surface area contributed by atoms with Gasteiger partial charge in [-0.05, 0) is 6.26 Å². The number of thioether (sulfide) groups is 1. The second kappa shape index (κ2) is 28.2. The number of aliphatic hydroxyl groups excluding tert-OH is 8. The Morgan fingerprint density at radius 3 is 1.07 bits per heavy atom. The van der Waals surface area contributed by atoms with E-state index >= 15 is 0 Å². The van der Waals surface area contributed by atoms with Gasteiger partial charge in [-0.15, -0.1) is 0 Å². The number of carbonyl (C=O) groups is 2. The number of aliphatic hydroxyl groups is 8. The maximum atomic E-state index is 12.6. The van der Waals surface area contributed by atoms with Gasteiger partial charge in [-0.25, -0.2) is 0 Å². The van der Waals surface area contributed by atoms with E-state index < -0.39 is 101 Å². The Labute approximate surface area is 261 Å². The van der Waals surface area contributed by atoms with E-state index in [-0.39, 0.29) is 57.6 Å². The first kappa shape index (κ1) is 42.9. The van der Waals surface area contributed by atoms with Crippen LogP contribution in [-0.2, 0) is 38.0 Å². The molecule has 18 heteroatoms. The monoisotopic (exact) mass is 665 g/mol. The Morgan fingerprint density at radius 2 is 0.795 bits per heavy atom. The lowest BCUT2D eigenvalue weighted by Gasteiger charge is -2.27. The summed E-state index contributed by atoms with van der Waals surface area (Å²) in [6.07, 6.45) is -3.79. The molecule has 0 aliphatic carbocycles. The third-order valence-electron chi connectivity index (χ3n) is 5.92. The first-order valence-corrected chi connectivity index (χ1v) is 15.4. The zero-order chi connectivity index (χ0) is 33.2. The summed E-state index contributed by atoms with van der Waals surface area (Å²) in [5.41, 5.74) is 0. The fraction of sp³-hybridized carbons (Fsp3) is 0.923. The predicted octanol–water partition coefficient (Wildman–Crippen LogP) is -4.61. The van der Waals surface area contributed by atoms with E-state index in [1.54, 1.807) is 6.26 Å². The van der Waals surface area contributed by atoms with Crippen LogP contribution in [0.4, 0.5) is 0 Å². The second-order valence-electron chi connectivity index (χ2n) is 9.53. The van der Waals surface area contributed by atoms with Crippen LogP contribution in [0.25, 0.3) is 0 Å². The standard InChI is InChI=1S/C26H51NO16S/c1-44-26(37)3-2-25(36)27-18(12-38-23(14-40-19(4-28)5-29)15-41-20(6-30)7-31)13-39-24(16-42-21(8-32)9-33)17-43-22(10-34)11-35/h18-24,28-35H,2-17H2,1H3,(H,27,36). The molecule has 0 bridgehead atoms. The van der Waals surface area contributed by atoms with Crippen LogP contribution >= 0.6 is 11.8 Å². The summed E-state index contributed by atoms with van der Waals surface area (Å²) in [7, 11) is 0. The van der Waals surface area contributed by atoms with Gasteiger partial charge in [-0.2, -0.15) is 0 Å². The molecule has 0 spiro atoms. The summed E-state index contributed by atoms with van der Waals surface area (Å²) in [5.74, 6) is -0.472. The number of amides is 1. The first-order chi connectivity index (χ1) is 21.2. The Morgan fingerprint density at radius 1 is 0.500 bits per heavy atom. The van der Waals surface area contributed by atoms with E-state index in [4.69, 9.17) is 28.4 Å². The van der Waals surface area contributed by atoms with E-state index in [1.807, 2.05) is 0 Å². The summed E-state index contributed by atoms with van der Waals surface area (Å²) in [6.45, 7) is -4.77. The number of hydrogen-bond acceptors (Lipinski definition) is 17. The van der Waals surface area contributed by atoms with Crippen LogP contribution in [0.5, 0.6) is 0 Å². The summed E-state index contributed by atoms with van der Waals surface area (Å²) in [6, 6.07) is -0.826. The van der Waals surface area contributed by atoms with Crippen molar-refractivity contribution >= 4 is 22.8 Å². The molecular formula is C26H51NO16S. The van der Waals surface area contributed by atoms with Crippen molar-refractivity contribution in [2.75, 3.05) is 98.8 Å². The highest BCUT2D eigenvalue weighted by Gasteiger charge is 2.23. The molecule has 0 heterocycles. The van der Waals surface area contributed by atoms with Crippen molar-refractivity contribution < 1.29 is 78.9 Å². The molecule has 0 fully saturated rings. The molecule has 0 aromatic rings. The maximum Gasteiger partial charge on any atom is 0.220 e. The zero-order valence-corrected chi connectivity index (χ0v) is 25.9. The maximum absolute atomic E-state index is 12.6. The number of carbonyl (C=O) groups excluding carboxylic acids is 2. The summed E-state index contributed by atoms with van der Waals surface area (Å²) in [5, 5.41) is 77.0. The van der Waals surface area contributed by atoms with E-state index in [1.165, 1.54) is 0 Å². The molecule has 0 saturated carbocycles. The van der Waals surface area contributed by atoms with Crippen LogP contribution in [0.2, 0.25) is 0 Å². The molecule has 1 amide bonds. The molecule has 44 heavy (non-hydrogen) atoms. The molecule has 17 nitrogen and oxygen atoms in total. The first-order valence-electron chi connectivity index (χ1n) is 14.2. The van der Waals surface area contributed by atoms with Gasteiger partial charge in [0.1, 0.15) is 36.6 Å². The van der Waals surface area contributed by atoms with Gasteiger partial charge in [0.25, 0.3) is 0 Å². The molecule has 0 radical (unpaired) electrons. The molecular weight excluding hydrogens is 614 g/mol. The van der Waals surface area contributed by atoms with Crippen LogP contribution < -0.4 is 5.32 Å². The lowest BCUT2D eigenvalue weighted by molar-refractivity contribution is -0.136. The number of nitrogens with one attached hydrogen (secondary N) is 1. The summed E-state index contributed by atoms with van der Waals surface area (Å²) >= 11 is 0.993. The Balaban J connectivity index is 5.65. The molecule has 0 rings (SSSR count). The lowest BCUT2D eigenvalue weighted by atomic mass is 10.2. The van der Waals surface area contributed by atoms with Gasteiger partial charge < -0.3 is 74.6 Å². The minimum atomic E-state index is -0.899. The van der Waals surface area contributed by atoms with Gasteiger partial charge in [0.05, 0.1) is 98.5 Å². The quantitative estimate of drug-likeness (QED) is 0.0349. The van der Waals surface area contributed by atoms with Crippen LogP contribution in [0.3, 0.4) is 0 Å². The average Bonchev–Trinajstić information content (AvgIpc) is 3.05. The number of rotatable bonds is 30. The normalized spacial score (nSPS) is 12.3. The number of ether oxygens (including phenoxy) is 6. The highest BCUT2D eigenvalue weighted by Crippen LogP contribution is 2.08. The fourth-order valence-electron chi connectivity index (χ4n) is 3.17. The van der Waals surface area contributed by atoms with Crippen molar-refractivity contribution in [3.05, 3.63) is 0 Å². The molecule has 0 aromatic carbocycles. The van der Waals surface area contributed by atoms with Crippen molar-refractivity contribution in [2.24, 2.45) is 0 Å². The lowest BCUT2D eigenvalue weighted by Crippen LogP contribution is -2.45. The zero-order valence-electron chi connectivity index (χ0n) is 25.1. The summed E-state index contributed by atoms with van der Waals surface area (Å²) < 4.78 is 33.5. The van der Waals surface area contributed by atoms with E-state index in [0.717, 1.165) is 11.8 Å². The fourth-order valence-corrected chi connectivity index (χ4v) is 3.47. The molecule has 0 saturated heterocycles. The molecule has 9 N–H and O–H groups in total. The third-order valence-corrected chi connectivity index (χ3v) is 6.58. The van der Waals surface area contributed by atoms with Crippen LogP contribution in [-0.4, -0.2) is 193 Å². The topological polar surface area (TPSA) is 263 Å². The Hall–Kier alpha value is -1.07. The van der Waals surface area contributed by atoms with Crippen molar-refractivity contribution in [3.8, 4) is 0 Å². The van der Waals surface area contributed by atoms with E-state index in [2.05, 4.69) is 5.32 Å².